The molecule has 0 bridgehead atoms. The number of aliphatic hydroxyl groups is 1. The second kappa shape index (κ2) is 6.48. The second-order valence-electron chi connectivity index (χ2n) is 5.30. The first-order valence-electron chi connectivity index (χ1n) is 6.94. The molecule has 6 heteroatoms. The van der Waals surface area contributed by atoms with Crippen LogP contribution < -0.4 is 10.5 Å². The summed E-state index contributed by atoms with van der Waals surface area (Å²) in [6.07, 6.45) is -0.732. The Hall–Kier alpha value is -1.89. The van der Waals surface area contributed by atoms with Gasteiger partial charge in [0.15, 0.2) is 0 Å². The van der Waals surface area contributed by atoms with E-state index in [0.29, 0.717) is 5.69 Å². The first kappa shape index (κ1) is 16.5. The minimum Gasteiger partial charge on any atom is -0.398 e. The van der Waals surface area contributed by atoms with Gasteiger partial charge in [-0.15, -0.1) is 0 Å². The largest absolute Gasteiger partial charge is 0.398 e. The van der Waals surface area contributed by atoms with E-state index in [9.17, 15) is 8.42 Å². The highest BCUT2D eigenvalue weighted by Crippen LogP contribution is 2.24. The van der Waals surface area contributed by atoms with Crippen molar-refractivity contribution in [2.75, 3.05) is 12.3 Å². The van der Waals surface area contributed by atoms with E-state index in [4.69, 9.17) is 10.8 Å². The van der Waals surface area contributed by atoms with Gasteiger partial charge >= 0.3 is 0 Å². The Labute approximate surface area is 130 Å². The van der Waals surface area contributed by atoms with Gasteiger partial charge in [-0.1, -0.05) is 24.3 Å². The van der Waals surface area contributed by atoms with E-state index in [0.717, 1.165) is 16.7 Å². The third-order valence-corrected chi connectivity index (χ3v) is 4.79. The third kappa shape index (κ3) is 3.85. The molecule has 0 aromatic heterocycles. The Morgan fingerprint density at radius 3 is 2.27 bits per heavy atom. The van der Waals surface area contributed by atoms with Gasteiger partial charge in [0.1, 0.15) is 0 Å². The minimum absolute atomic E-state index is 0.0153. The Balaban J connectivity index is 2.24. The van der Waals surface area contributed by atoms with Crippen LogP contribution in [0.1, 0.15) is 12.5 Å². The van der Waals surface area contributed by atoms with Gasteiger partial charge in [-0.3, -0.25) is 0 Å². The summed E-state index contributed by atoms with van der Waals surface area (Å²) < 4.78 is 26.4. The smallest absolute Gasteiger partial charge is 0.240 e. The molecule has 0 heterocycles. The molecule has 0 saturated carbocycles. The lowest BCUT2D eigenvalue weighted by Crippen LogP contribution is -2.30. The van der Waals surface area contributed by atoms with Crippen LogP contribution in [-0.4, -0.2) is 26.2 Å². The van der Waals surface area contributed by atoms with Crippen LogP contribution in [0.25, 0.3) is 11.1 Å². The quantitative estimate of drug-likeness (QED) is 0.734. The fourth-order valence-electron chi connectivity index (χ4n) is 1.96. The van der Waals surface area contributed by atoms with E-state index < -0.39 is 16.1 Å². The maximum absolute atomic E-state index is 12.0. The lowest BCUT2D eigenvalue weighted by molar-refractivity contribution is 0.198. The lowest BCUT2D eigenvalue weighted by atomic mass is 10.0. The van der Waals surface area contributed by atoms with Crippen LogP contribution in [0.4, 0.5) is 5.69 Å². The van der Waals surface area contributed by atoms with Crippen molar-refractivity contribution >= 4 is 15.7 Å². The molecule has 118 valence electrons. The van der Waals surface area contributed by atoms with E-state index in [2.05, 4.69) is 4.72 Å². The normalized spacial score (nSPS) is 13.0. The summed E-state index contributed by atoms with van der Waals surface area (Å²) >= 11 is 0. The summed E-state index contributed by atoms with van der Waals surface area (Å²) in [7, 11) is -3.60. The Kier molecular flexibility index (Phi) is 4.85. The van der Waals surface area contributed by atoms with Crippen molar-refractivity contribution in [2.45, 2.75) is 24.8 Å². The molecule has 22 heavy (non-hydrogen) atoms. The van der Waals surface area contributed by atoms with E-state index in [1.807, 2.05) is 25.1 Å². The van der Waals surface area contributed by atoms with Crippen LogP contribution in [0.15, 0.2) is 47.4 Å². The summed E-state index contributed by atoms with van der Waals surface area (Å²) in [5.41, 5.74) is 9.43. The zero-order valence-electron chi connectivity index (χ0n) is 12.6. The molecule has 0 radical (unpaired) electrons. The number of aryl methyl sites for hydroxylation is 1. The predicted molar refractivity (Wildman–Crippen MR) is 87.9 cm³/mol. The summed E-state index contributed by atoms with van der Waals surface area (Å²) in [5.74, 6) is 0. The van der Waals surface area contributed by atoms with Crippen molar-refractivity contribution in [3.8, 4) is 11.1 Å². The maximum atomic E-state index is 12.0. The number of nitrogen functional groups attached to an aromatic ring is 1. The van der Waals surface area contributed by atoms with Crippen molar-refractivity contribution in [3.63, 3.8) is 0 Å². The van der Waals surface area contributed by atoms with Gasteiger partial charge in [0, 0.05) is 12.2 Å². The van der Waals surface area contributed by atoms with E-state index in [-0.39, 0.29) is 11.4 Å². The summed E-state index contributed by atoms with van der Waals surface area (Å²) in [6.45, 7) is 3.44. The average Bonchev–Trinajstić information content (AvgIpc) is 2.48. The van der Waals surface area contributed by atoms with Crippen molar-refractivity contribution in [2.24, 2.45) is 0 Å². The van der Waals surface area contributed by atoms with E-state index in [1.165, 1.54) is 19.1 Å². The highest BCUT2D eigenvalue weighted by Gasteiger charge is 2.14. The number of nitrogens with one attached hydrogen (secondary N) is 1. The fraction of sp³-hybridized carbons (Fsp3) is 0.250. The van der Waals surface area contributed by atoms with Crippen molar-refractivity contribution < 1.29 is 13.5 Å². The average molecular weight is 320 g/mol. The molecule has 2 aromatic rings. The molecule has 1 unspecified atom stereocenters. The third-order valence-electron chi connectivity index (χ3n) is 3.35. The molecule has 0 fully saturated rings. The van der Waals surface area contributed by atoms with E-state index in [1.54, 1.807) is 12.1 Å². The Morgan fingerprint density at radius 2 is 1.73 bits per heavy atom. The first-order valence-corrected chi connectivity index (χ1v) is 8.42. The van der Waals surface area contributed by atoms with Gasteiger partial charge in [-0.05, 0) is 48.7 Å². The first-order chi connectivity index (χ1) is 10.3. The fourth-order valence-corrected chi connectivity index (χ4v) is 3.08. The number of hydrogen-bond donors (Lipinski definition) is 3. The molecular formula is C16H20N2O3S. The van der Waals surface area contributed by atoms with Gasteiger partial charge < -0.3 is 10.8 Å². The number of anilines is 1. The van der Waals surface area contributed by atoms with Crippen LogP contribution in [0.5, 0.6) is 0 Å². The maximum Gasteiger partial charge on any atom is 0.240 e. The van der Waals surface area contributed by atoms with Gasteiger partial charge in [-0.25, -0.2) is 13.1 Å². The van der Waals surface area contributed by atoms with Crippen LogP contribution in [0.2, 0.25) is 0 Å². The van der Waals surface area contributed by atoms with Gasteiger partial charge in [0.05, 0.1) is 11.0 Å². The zero-order valence-corrected chi connectivity index (χ0v) is 13.4. The number of nitrogens with two attached hydrogens (primary N) is 1. The van der Waals surface area contributed by atoms with Gasteiger partial charge in [-0.2, -0.15) is 0 Å². The van der Waals surface area contributed by atoms with Gasteiger partial charge in [0.25, 0.3) is 0 Å². The van der Waals surface area contributed by atoms with Crippen molar-refractivity contribution in [1.82, 2.24) is 4.72 Å². The van der Waals surface area contributed by atoms with Crippen molar-refractivity contribution in [1.29, 1.82) is 0 Å². The Morgan fingerprint density at radius 1 is 1.14 bits per heavy atom. The summed E-state index contributed by atoms with van der Waals surface area (Å²) in [4.78, 5) is 0.164. The molecule has 4 N–H and O–H groups in total. The van der Waals surface area contributed by atoms with Crippen LogP contribution in [0.3, 0.4) is 0 Å². The topological polar surface area (TPSA) is 92.4 Å². The van der Waals surface area contributed by atoms with Gasteiger partial charge in [0.2, 0.25) is 10.0 Å². The highest BCUT2D eigenvalue weighted by molar-refractivity contribution is 7.89. The molecule has 0 saturated heterocycles. The minimum atomic E-state index is -3.60. The standard InChI is InChI=1S/C16H20N2O3S/c1-11-3-4-14(9-16(11)17)13-5-7-15(8-6-13)22(20,21)18-10-12(2)19/h3-9,12,18-19H,10,17H2,1-2H3. The van der Waals surface area contributed by atoms with Crippen molar-refractivity contribution in [3.05, 3.63) is 48.0 Å². The number of benzene rings is 2. The molecular weight excluding hydrogens is 300 g/mol. The monoisotopic (exact) mass is 320 g/mol. The van der Waals surface area contributed by atoms with Crippen LogP contribution in [0, 0.1) is 6.92 Å². The second-order valence-corrected chi connectivity index (χ2v) is 7.06. The molecule has 0 aliphatic heterocycles. The molecule has 2 rings (SSSR count). The predicted octanol–water partition coefficient (Wildman–Crippen LogP) is 1.90. The lowest BCUT2D eigenvalue weighted by Gasteiger charge is -2.10. The molecule has 0 aliphatic rings. The van der Waals surface area contributed by atoms with Crippen LogP contribution in [-0.2, 0) is 10.0 Å². The molecule has 1 atom stereocenters. The van der Waals surface area contributed by atoms with E-state index >= 15 is 0 Å². The summed E-state index contributed by atoms with van der Waals surface area (Å²) in [5, 5.41) is 9.16. The molecule has 0 amide bonds. The molecule has 5 nitrogen and oxygen atoms in total. The molecule has 0 spiro atoms. The van der Waals surface area contributed by atoms with Crippen LogP contribution >= 0.6 is 0 Å². The summed E-state index contributed by atoms with van der Waals surface area (Å²) in [6, 6.07) is 12.3. The SMILES string of the molecule is Cc1ccc(-c2ccc(S(=O)(=O)NCC(C)O)cc2)cc1N. The number of hydrogen-bond acceptors (Lipinski definition) is 4. The zero-order chi connectivity index (χ0) is 16.3. The highest BCUT2D eigenvalue weighted by atomic mass is 32.2. The molecule has 2 aromatic carbocycles. The number of rotatable bonds is 5. The number of sulfonamides is 1. The Bertz CT molecular complexity index is 753. The molecule has 0 aliphatic carbocycles. The number of aliphatic hydroxyl groups excluding tert-OH is 1.